The number of carbonyl (C=O) groups excluding carboxylic acids is 1. The third-order valence-corrected chi connectivity index (χ3v) is 4.90. The van der Waals surface area contributed by atoms with E-state index in [0.29, 0.717) is 19.0 Å². The number of hydrogen-bond donors (Lipinski definition) is 1. The molecule has 2 atom stereocenters. The summed E-state index contributed by atoms with van der Waals surface area (Å²) in [6.07, 6.45) is 2.32. The predicted octanol–water partition coefficient (Wildman–Crippen LogP) is 3.26. The van der Waals surface area contributed by atoms with E-state index in [9.17, 15) is 4.79 Å². The van der Waals surface area contributed by atoms with Crippen molar-refractivity contribution in [2.75, 3.05) is 13.7 Å². The van der Waals surface area contributed by atoms with Crippen LogP contribution in [0.2, 0.25) is 0 Å². The highest BCUT2D eigenvalue weighted by Crippen LogP contribution is 2.35. The van der Waals surface area contributed by atoms with Crippen molar-refractivity contribution in [1.29, 1.82) is 0 Å². The lowest BCUT2D eigenvalue weighted by atomic mass is 10.0. The fourth-order valence-corrected chi connectivity index (χ4v) is 3.28. The Bertz CT molecular complexity index is 708. The van der Waals surface area contributed by atoms with Crippen LogP contribution in [0.3, 0.4) is 0 Å². The first kappa shape index (κ1) is 16.9. The normalized spacial score (nSPS) is 16.8. The maximum absolute atomic E-state index is 12.8. The molecular formula is C20H26N2O2. The summed E-state index contributed by atoms with van der Waals surface area (Å²) in [5.74, 6) is 0.135. The quantitative estimate of drug-likeness (QED) is 0.850. The lowest BCUT2D eigenvalue weighted by Gasteiger charge is -2.31. The molecule has 2 unspecified atom stereocenters. The number of hydrogen-bond acceptors (Lipinski definition) is 3. The van der Waals surface area contributed by atoms with E-state index < -0.39 is 0 Å². The van der Waals surface area contributed by atoms with Gasteiger partial charge >= 0.3 is 0 Å². The average Bonchev–Trinajstić information content (AvgIpc) is 3.44. The average molecular weight is 326 g/mol. The molecule has 128 valence electrons. The first-order valence-electron chi connectivity index (χ1n) is 8.66. The van der Waals surface area contributed by atoms with E-state index in [1.165, 1.54) is 16.3 Å². The van der Waals surface area contributed by atoms with Gasteiger partial charge in [0, 0.05) is 19.7 Å². The zero-order valence-corrected chi connectivity index (χ0v) is 14.4. The van der Waals surface area contributed by atoms with E-state index >= 15 is 0 Å². The second-order valence-corrected chi connectivity index (χ2v) is 6.61. The summed E-state index contributed by atoms with van der Waals surface area (Å²) in [5, 5.41) is 2.43. The topological polar surface area (TPSA) is 55.6 Å². The van der Waals surface area contributed by atoms with Crippen LogP contribution in [0, 0.1) is 0 Å². The molecule has 2 N–H and O–H groups in total. The van der Waals surface area contributed by atoms with Gasteiger partial charge in [0.15, 0.2) is 0 Å². The Morgan fingerprint density at radius 1 is 1.25 bits per heavy atom. The van der Waals surface area contributed by atoms with Gasteiger partial charge in [-0.2, -0.15) is 0 Å². The van der Waals surface area contributed by atoms with Gasteiger partial charge in [0.2, 0.25) is 5.91 Å². The van der Waals surface area contributed by atoms with Crippen LogP contribution in [0.1, 0.15) is 37.8 Å². The molecule has 1 aliphatic rings. The zero-order valence-electron chi connectivity index (χ0n) is 14.4. The Morgan fingerprint density at radius 2 is 1.96 bits per heavy atom. The van der Waals surface area contributed by atoms with E-state index in [1.807, 2.05) is 17.0 Å². The Hall–Kier alpha value is -1.91. The van der Waals surface area contributed by atoms with Crippen molar-refractivity contribution in [2.24, 2.45) is 5.73 Å². The van der Waals surface area contributed by atoms with E-state index in [1.54, 1.807) is 7.11 Å². The minimum atomic E-state index is -0.206. The number of carbonyl (C=O) groups is 1. The van der Waals surface area contributed by atoms with Crippen LogP contribution in [0.5, 0.6) is 0 Å². The molecule has 1 aliphatic carbocycles. The summed E-state index contributed by atoms with van der Waals surface area (Å²) < 4.78 is 5.29. The molecule has 2 aromatic carbocycles. The molecule has 0 aromatic heterocycles. The summed E-state index contributed by atoms with van der Waals surface area (Å²) in [6.45, 7) is 2.48. The maximum Gasteiger partial charge on any atom is 0.225 e. The van der Waals surface area contributed by atoms with Crippen LogP contribution >= 0.6 is 0 Å². The van der Waals surface area contributed by atoms with Gasteiger partial charge in [-0.25, -0.2) is 0 Å². The number of rotatable bonds is 7. The highest BCUT2D eigenvalue weighted by Gasteiger charge is 2.36. The number of nitrogens with two attached hydrogens (primary N) is 1. The summed E-state index contributed by atoms with van der Waals surface area (Å²) in [5.41, 5.74) is 6.85. The highest BCUT2D eigenvalue weighted by molar-refractivity contribution is 5.83. The van der Waals surface area contributed by atoms with Crippen LogP contribution in [-0.2, 0) is 9.53 Å². The van der Waals surface area contributed by atoms with Crippen molar-refractivity contribution >= 4 is 16.7 Å². The van der Waals surface area contributed by atoms with Crippen molar-refractivity contribution in [3.8, 4) is 0 Å². The molecule has 0 spiro atoms. The summed E-state index contributed by atoms with van der Waals surface area (Å²) in [6, 6.07) is 15.2. The second kappa shape index (κ2) is 7.32. The predicted molar refractivity (Wildman–Crippen MR) is 96.7 cm³/mol. The van der Waals surface area contributed by atoms with E-state index in [4.69, 9.17) is 10.5 Å². The Kier molecular flexibility index (Phi) is 5.17. The molecule has 0 saturated heterocycles. The molecule has 24 heavy (non-hydrogen) atoms. The van der Waals surface area contributed by atoms with Gasteiger partial charge in [-0.05, 0) is 42.2 Å². The number of benzene rings is 2. The Balaban J connectivity index is 1.83. The highest BCUT2D eigenvalue weighted by atomic mass is 16.5. The summed E-state index contributed by atoms with van der Waals surface area (Å²) in [7, 11) is 1.61. The molecular weight excluding hydrogens is 300 g/mol. The SMILES string of the molecule is COC(CN)CC(=O)N(C1CC1)C(C)c1ccc2ccccc2c1. The second-order valence-electron chi connectivity index (χ2n) is 6.61. The monoisotopic (exact) mass is 326 g/mol. The van der Waals surface area contributed by atoms with Crippen molar-refractivity contribution in [2.45, 2.75) is 44.4 Å². The van der Waals surface area contributed by atoms with Gasteiger partial charge in [-0.1, -0.05) is 36.4 Å². The van der Waals surface area contributed by atoms with E-state index in [2.05, 4.69) is 37.3 Å². The van der Waals surface area contributed by atoms with Gasteiger partial charge in [-0.15, -0.1) is 0 Å². The molecule has 1 amide bonds. The summed E-state index contributed by atoms with van der Waals surface area (Å²) >= 11 is 0. The van der Waals surface area contributed by atoms with Gasteiger partial charge in [-0.3, -0.25) is 4.79 Å². The number of nitrogens with zero attached hydrogens (tertiary/aromatic N) is 1. The van der Waals surface area contributed by atoms with Crippen LogP contribution in [0.25, 0.3) is 10.8 Å². The molecule has 0 heterocycles. The lowest BCUT2D eigenvalue weighted by Crippen LogP contribution is -2.39. The number of fused-ring (bicyclic) bond motifs is 1. The van der Waals surface area contributed by atoms with Crippen LogP contribution in [0.4, 0.5) is 0 Å². The number of amides is 1. The lowest BCUT2D eigenvalue weighted by molar-refractivity contribution is -0.136. The van der Waals surface area contributed by atoms with Crippen molar-refractivity contribution in [1.82, 2.24) is 4.90 Å². The first-order valence-corrected chi connectivity index (χ1v) is 8.66. The minimum absolute atomic E-state index is 0.0601. The van der Waals surface area contributed by atoms with Crippen LogP contribution < -0.4 is 5.73 Å². The molecule has 1 fully saturated rings. The van der Waals surface area contributed by atoms with Crippen molar-refractivity contribution in [3.63, 3.8) is 0 Å². The van der Waals surface area contributed by atoms with Crippen molar-refractivity contribution in [3.05, 3.63) is 48.0 Å². The molecule has 2 aromatic rings. The van der Waals surface area contributed by atoms with Gasteiger partial charge in [0.1, 0.15) is 0 Å². The summed E-state index contributed by atoms with van der Waals surface area (Å²) in [4.78, 5) is 14.9. The molecule has 4 heteroatoms. The molecule has 0 aliphatic heterocycles. The Labute approximate surface area is 143 Å². The van der Waals surface area contributed by atoms with Gasteiger partial charge in [0.25, 0.3) is 0 Å². The van der Waals surface area contributed by atoms with E-state index in [-0.39, 0.29) is 18.1 Å². The first-order chi connectivity index (χ1) is 11.6. The fraction of sp³-hybridized carbons (Fsp3) is 0.450. The third kappa shape index (κ3) is 3.60. The van der Waals surface area contributed by atoms with Gasteiger partial charge < -0.3 is 15.4 Å². The third-order valence-electron chi connectivity index (χ3n) is 4.90. The fourth-order valence-electron chi connectivity index (χ4n) is 3.28. The molecule has 0 radical (unpaired) electrons. The zero-order chi connectivity index (χ0) is 17.1. The van der Waals surface area contributed by atoms with Crippen LogP contribution in [0.15, 0.2) is 42.5 Å². The number of methoxy groups -OCH3 is 1. The van der Waals surface area contributed by atoms with Crippen LogP contribution in [-0.4, -0.2) is 36.6 Å². The smallest absolute Gasteiger partial charge is 0.225 e. The molecule has 0 bridgehead atoms. The van der Waals surface area contributed by atoms with Crippen molar-refractivity contribution < 1.29 is 9.53 Å². The molecule has 3 rings (SSSR count). The Morgan fingerprint density at radius 3 is 2.58 bits per heavy atom. The number of ether oxygens (including phenoxy) is 1. The largest absolute Gasteiger partial charge is 0.380 e. The minimum Gasteiger partial charge on any atom is -0.380 e. The standard InChI is InChI=1S/C20H26N2O2/c1-14(16-8-7-15-5-3-4-6-17(15)11-16)22(18-9-10-18)20(23)12-19(13-21)24-2/h3-8,11,14,18-19H,9-10,12-13,21H2,1-2H3. The van der Waals surface area contributed by atoms with Gasteiger partial charge in [0.05, 0.1) is 18.6 Å². The molecule has 4 nitrogen and oxygen atoms in total. The van der Waals surface area contributed by atoms with E-state index in [0.717, 1.165) is 12.8 Å². The maximum atomic E-state index is 12.8. The molecule has 1 saturated carbocycles.